The molecule has 0 aliphatic carbocycles. The molecule has 0 unspecified atom stereocenters. The van der Waals surface area contributed by atoms with Crippen molar-refractivity contribution in [2.75, 3.05) is 0 Å². The zero-order valence-electron chi connectivity index (χ0n) is 10.4. The summed E-state index contributed by atoms with van der Waals surface area (Å²) in [5, 5.41) is -5.91. The van der Waals surface area contributed by atoms with Gasteiger partial charge in [-0.3, -0.25) is 4.79 Å². The fourth-order valence-electron chi connectivity index (χ4n) is 1.20. The van der Waals surface area contributed by atoms with E-state index in [0.29, 0.717) is 0 Å². The number of carbonyl (C=O) groups excluding carboxylic acids is 1. The van der Waals surface area contributed by atoms with Crippen LogP contribution in [0, 0.1) is 0 Å². The van der Waals surface area contributed by atoms with Crippen LogP contribution in [0.3, 0.4) is 0 Å². The lowest BCUT2D eigenvalue weighted by atomic mass is 10.2. The van der Waals surface area contributed by atoms with E-state index in [1.165, 1.54) is 24.0 Å². The molecule has 1 heterocycles. The van der Waals surface area contributed by atoms with Crippen molar-refractivity contribution in [2.24, 2.45) is 7.05 Å². The van der Waals surface area contributed by atoms with Crippen molar-refractivity contribution >= 4 is 16.1 Å². The molecular weight excluding hydrogens is 324 g/mol. The van der Waals surface area contributed by atoms with Crippen LogP contribution in [0.15, 0.2) is 12.4 Å². The maximum absolute atomic E-state index is 13.0. The predicted octanol–water partition coefficient (Wildman–Crippen LogP) is 0.627. The van der Waals surface area contributed by atoms with Crippen molar-refractivity contribution in [3.63, 3.8) is 0 Å². The van der Waals surface area contributed by atoms with Crippen LogP contribution in [0.1, 0.15) is 12.2 Å². The summed E-state index contributed by atoms with van der Waals surface area (Å²) in [5.41, 5.74) is 0. The largest absolute Gasteiger partial charge is 0.743 e. The maximum atomic E-state index is 13.0. The van der Waals surface area contributed by atoms with Crippen LogP contribution in [-0.4, -0.2) is 39.7 Å². The number of carbonyl (C=O) groups is 1. The molecule has 0 fully saturated rings. The molecule has 1 aromatic rings. The van der Waals surface area contributed by atoms with Gasteiger partial charge < -0.3 is 13.9 Å². The molecule has 0 N–H and O–H groups in total. The topological polar surface area (TPSA) is 101 Å². The molecule has 1 aromatic heterocycles. The molecule has 0 radical (unpaired) electrons. The Balaban J connectivity index is 2.71. The van der Waals surface area contributed by atoms with Gasteiger partial charge in [0.15, 0.2) is 10.1 Å². The monoisotopic (exact) mass is 333 g/mol. The highest BCUT2D eigenvalue weighted by atomic mass is 32.2. The minimum Gasteiger partial charge on any atom is -0.743 e. The van der Waals surface area contributed by atoms with Gasteiger partial charge in [0.2, 0.25) is 0 Å². The number of nitrogens with zero attached hydrogens (tertiary/aromatic N) is 2. The van der Waals surface area contributed by atoms with Crippen molar-refractivity contribution < 1.29 is 40.1 Å². The van der Waals surface area contributed by atoms with Gasteiger partial charge in [-0.2, -0.15) is 17.6 Å². The van der Waals surface area contributed by atoms with Gasteiger partial charge in [0, 0.05) is 19.4 Å². The first-order valence-electron chi connectivity index (χ1n) is 5.21. The van der Waals surface area contributed by atoms with Gasteiger partial charge in [0.05, 0.1) is 0 Å². The molecule has 0 atom stereocenters. The standard InChI is InChI=1S/C9H10F4N2O5S/c1-15-3-2-14-6(15)5-20-7(16)4-8(10,11)9(12,13)21(17,18)19/h2-3H,4-5H2,1H3,(H,17,18,19)/p-1. The zero-order valence-corrected chi connectivity index (χ0v) is 11.2. The summed E-state index contributed by atoms with van der Waals surface area (Å²) in [6, 6.07) is 0. The summed E-state index contributed by atoms with van der Waals surface area (Å²) in [5.74, 6) is -7.03. The van der Waals surface area contributed by atoms with E-state index in [2.05, 4.69) is 9.72 Å². The summed E-state index contributed by atoms with van der Waals surface area (Å²) >= 11 is 0. The molecule has 0 amide bonds. The summed E-state index contributed by atoms with van der Waals surface area (Å²) in [7, 11) is -5.13. The van der Waals surface area contributed by atoms with Crippen molar-refractivity contribution in [3.8, 4) is 0 Å². The highest BCUT2D eigenvalue weighted by molar-refractivity contribution is 7.86. The van der Waals surface area contributed by atoms with Gasteiger partial charge in [-0.05, 0) is 0 Å². The second-order valence-electron chi connectivity index (χ2n) is 3.97. The second kappa shape index (κ2) is 5.60. The van der Waals surface area contributed by atoms with Crippen LogP contribution in [0.5, 0.6) is 0 Å². The Morgan fingerprint density at radius 1 is 1.43 bits per heavy atom. The number of imidazole rings is 1. The van der Waals surface area contributed by atoms with Gasteiger partial charge >= 0.3 is 17.1 Å². The van der Waals surface area contributed by atoms with Crippen LogP contribution < -0.4 is 0 Å². The van der Waals surface area contributed by atoms with E-state index >= 15 is 0 Å². The first kappa shape index (κ1) is 17.4. The van der Waals surface area contributed by atoms with E-state index in [1.54, 1.807) is 0 Å². The first-order valence-corrected chi connectivity index (χ1v) is 6.62. The minimum atomic E-state index is -6.63. The lowest BCUT2D eigenvalue weighted by molar-refractivity contribution is -0.183. The van der Waals surface area contributed by atoms with E-state index in [1.807, 2.05) is 0 Å². The Bertz CT molecular complexity index is 628. The van der Waals surface area contributed by atoms with Crippen molar-refractivity contribution in [1.82, 2.24) is 9.55 Å². The number of rotatable bonds is 6. The molecule has 0 saturated heterocycles. The van der Waals surface area contributed by atoms with Crippen LogP contribution in [0.25, 0.3) is 0 Å². The number of aromatic nitrogens is 2. The molecule has 0 bridgehead atoms. The molecule has 0 aromatic carbocycles. The molecule has 0 aliphatic heterocycles. The zero-order chi connectivity index (χ0) is 16.5. The highest BCUT2D eigenvalue weighted by Gasteiger charge is 2.62. The SMILES string of the molecule is Cn1ccnc1COC(=O)CC(F)(F)C(F)(F)S(=O)(=O)[O-]. The predicted molar refractivity (Wildman–Crippen MR) is 57.2 cm³/mol. The Hall–Kier alpha value is -1.69. The number of aryl methyl sites for hydroxylation is 1. The number of esters is 1. The molecule has 0 saturated carbocycles. The van der Waals surface area contributed by atoms with E-state index < -0.39 is 40.3 Å². The smallest absolute Gasteiger partial charge is 0.396 e. The Morgan fingerprint density at radius 3 is 2.43 bits per heavy atom. The van der Waals surface area contributed by atoms with Crippen molar-refractivity contribution in [3.05, 3.63) is 18.2 Å². The molecule has 120 valence electrons. The first-order chi connectivity index (χ1) is 9.38. The number of hydrogen-bond acceptors (Lipinski definition) is 6. The summed E-state index contributed by atoms with van der Waals surface area (Å²) in [6.07, 6.45) is 0.512. The lowest BCUT2D eigenvalue weighted by Crippen LogP contribution is -2.48. The number of hydrogen-bond donors (Lipinski definition) is 0. The van der Waals surface area contributed by atoms with Gasteiger partial charge in [0.25, 0.3) is 0 Å². The third-order valence-electron chi connectivity index (χ3n) is 2.39. The second-order valence-corrected chi connectivity index (χ2v) is 5.39. The van der Waals surface area contributed by atoms with E-state index in [9.17, 15) is 35.3 Å². The van der Waals surface area contributed by atoms with Crippen molar-refractivity contribution in [1.29, 1.82) is 0 Å². The molecule has 7 nitrogen and oxygen atoms in total. The normalized spacial score (nSPS) is 13.2. The lowest BCUT2D eigenvalue weighted by Gasteiger charge is -2.27. The summed E-state index contributed by atoms with van der Waals surface area (Å²) in [6.45, 7) is -0.575. The molecule has 1 rings (SSSR count). The molecule has 0 spiro atoms. The average Bonchev–Trinajstić information content (AvgIpc) is 2.70. The molecule has 21 heavy (non-hydrogen) atoms. The number of halogens is 4. The third kappa shape index (κ3) is 3.69. The number of ether oxygens (including phenoxy) is 1. The fraction of sp³-hybridized carbons (Fsp3) is 0.556. The van der Waals surface area contributed by atoms with Crippen LogP contribution in [0.2, 0.25) is 0 Å². The minimum absolute atomic E-state index is 0.148. The quantitative estimate of drug-likeness (QED) is 0.430. The maximum Gasteiger partial charge on any atom is 0.396 e. The molecule has 12 heteroatoms. The Kier molecular flexibility index (Phi) is 4.63. The van der Waals surface area contributed by atoms with Gasteiger partial charge in [-0.1, -0.05) is 0 Å². The van der Waals surface area contributed by atoms with Gasteiger partial charge in [-0.15, -0.1) is 0 Å². The molecular formula is C9H9F4N2O5S-. The van der Waals surface area contributed by atoms with Crippen molar-refractivity contribution in [2.45, 2.75) is 24.2 Å². The van der Waals surface area contributed by atoms with Crippen LogP contribution in [0.4, 0.5) is 17.6 Å². The summed E-state index contributed by atoms with van der Waals surface area (Å²) < 4.78 is 87.6. The molecule has 0 aliphatic rings. The van der Waals surface area contributed by atoms with Crippen LogP contribution >= 0.6 is 0 Å². The Labute approximate surface area is 116 Å². The van der Waals surface area contributed by atoms with Gasteiger partial charge in [0.1, 0.15) is 18.9 Å². The van der Waals surface area contributed by atoms with Crippen LogP contribution in [-0.2, 0) is 33.3 Å². The number of alkyl halides is 4. The Morgan fingerprint density at radius 2 is 2.00 bits per heavy atom. The van der Waals surface area contributed by atoms with E-state index in [-0.39, 0.29) is 5.82 Å². The summed E-state index contributed by atoms with van der Waals surface area (Å²) in [4.78, 5) is 14.7. The van der Waals surface area contributed by atoms with E-state index in [4.69, 9.17) is 0 Å². The highest BCUT2D eigenvalue weighted by Crippen LogP contribution is 2.40. The van der Waals surface area contributed by atoms with Gasteiger partial charge in [-0.25, -0.2) is 13.4 Å². The average molecular weight is 333 g/mol. The fourth-order valence-corrected chi connectivity index (χ4v) is 1.64. The van der Waals surface area contributed by atoms with E-state index in [0.717, 1.165) is 0 Å². The third-order valence-corrected chi connectivity index (χ3v) is 3.32.